The van der Waals surface area contributed by atoms with Gasteiger partial charge in [0, 0.05) is 11.1 Å². The Morgan fingerprint density at radius 3 is 2.56 bits per heavy atom. The Morgan fingerprint density at radius 2 is 2.06 bits per heavy atom. The number of carbonyl (C=O) groups excluding carboxylic acids is 1. The smallest absolute Gasteiger partial charge is 0.230 e. The van der Waals surface area contributed by atoms with E-state index in [1.54, 1.807) is 0 Å². The quantitative estimate of drug-likeness (QED) is 0.902. The molecule has 2 rings (SSSR count). The third kappa shape index (κ3) is 1.99. The zero-order valence-corrected chi connectivity index (χ0v) is 10.5. The van der Waals surface area contributed by atoms with Crippen LogP contribution >= 0.6 is 15.9 Å². The van der Waals surface area contributed by atoms with E-state index in [1.807, 2.05) is 24.3 Å². The number of hydrogen-bond donors (Lipinski definition) is 1. The van der Waals surface area contributed by atoms with Crippen molar-refractivity contribution in [3.05, 3.63) is 34.3 Å². The highest BCUT2D eigenvalue weighted by atomic mass is 79.9. The zero-order valence-electron chi connectivity index (χ0n) is 8.91. The molecule has 2 N–H and O–H groups in total. The van der Waals surface area contributed by atoms with E-state index in [4.69, 9.17) is 10.5 Å². The van der Waals surface area contributed by atoms with E-state index in [2.05, 4.69) is 15.9 Å². The number of primary amides is 1. The lowest BCUT2D eigenvalue weighted by Gasteiger charge is -2.34. The van der Waals surface area contributed by atoms with Gasteiger partial charge in [0.1, 0.15) is 0 Å². The Kier molecular flexibility index (Phi) is 3.30. The summed E-state index contributed by atoms with van der Waals surface area (Å²) >= 11 is 3.38. The molecule has 1 aromatic carbocycles. The molecule has 1 aliphatic rings. The van der Waals surface area contributed by atoms with Crippen LogP contribution < -0.4 is 5.73 Å². The fourth-order valence-electron chi connectivity index (χ4n) is 2.13. The molecule has 0 aromatic heterocycles. The molecule has 4 heteroatoms. The van der Waals surface area contributed by atoms with Crippen LogP contribution in [0.1, 0.15) is 18.4 Å². The maximum absolute atomic E-state index is 11.7. The Labute approximate surface area is 103 Å². The first-order valence-electron chi connectivity index (χ1n) is 5.29. The van der Waals surface area contributed by atoms with E-state index in [0.29, 0.717) is 13.2 Å². The predicted molar refractivity (Wildman–Crippen MR) is 65.1 cm³/mol. The molecule has 1 aliphatic heterocycles. The van der Waals surface area contributed by atoms with Crippen molar-refractivity contribution in [1.82, 2.24) is 0 Å². The lowest BCUT2D eigenvalue weighted by molar-refractivity contribution is -0.128. The van der Waals surface area contributed by atoms with Crippen molar-refractivity contribution in [2.45, 2.75) is 18.3 Å². The molecule has 16 heavy (non-hydrogen) atoms. The average molecular weight is 284 g/mol. The summed E-state index contributed by atoms with van der Waals surface area (Å²) in [5.74, 6) is -0.297. The monoisotopic (exact) mass is 283 g/mol. The van der Waals surface area contributed by atoms with Gasteiger partial charge in [-0.2, -0.15) is 0 Å². The van der Waals surface area contributed by atoms with Gasteiger partial charge in [-0.15, -0.1) is 0 Å². The van der Waals surface area contributed by atoms with Gasteiger partial charge >= 0.3 is 0 Å². The first-order chi connectivity index (χ1) is 7.65. The van der Waals surface area contributed by atoms with E-state index < -0.39 is 5.41 Å². The molecule has 1 atom stereocenters. The Bertz CT molecular complexity index is 383. The van der Waals surface area contributed by atoms with Crippen molar-refractivity contribution in [2.75, 3.05) is 13.2 Å². The first kappa shape index (κ1) is 11.6. The number of rotatable bonds is 2. The van der Waals surface area contributed by atoms with Crippen LogP contribution in [0.2, 0.25) is 0 Å². The van der Waals surface area contributed by atoms with Crippen LogP contribution in [-0.4, -0.2) is 19.1 Å². The van der Waals surface area contributed by atoms with Gasteiger partial charge in [-0.3, -0.25) is 4.79 Å². The van der Waals surface area contributed by atoms with Crippen molar-refractivity contribution >= 4 is 21.8 Å². The summed E-state index contributed by atoms with van der Waals surface area (Å²) in [6, 6.07) is 7.72. The van der Waals surface area contributed by atoms with E-state index in [0.717, 1.165) is 22.9 Å². The number of benzene rings is 1. The van der Waals surface area contributed by atoms with Gasteiger partial charge in [-0.1, -0.05) is 28.1 Å². The van der Waals surface area contributed by atoms with Crippen LogP contribution in [0.5, 0.6) is 0 Å². The van der Waals surface area contributed by atoms with Crippen LogP contribution in [0.3, 0.4) is 0 Å². The van der Waals surface area contributed by atoms with E-state index in [9.17, 15) is 4.79 Å². The lowest BCUT2D eigenvalue weighted by atomic mass is 9.75. The topological polar surface area (TPSA) is 52.3 Å². The van der Waals surface area contributed by atoms with Crippen LogP contribution in [0, 0.1) is 0 Å². The number of halogens is 1. The van der Waals surface area contributed by atoms with E-state index >= 15 is 0 Å². The van der Waals surface area contributed by atoms with Crippen molar-refractivity contribution < 1.29 is 9.53 Å². The third-order valence-electron chi connectivity index (χ3n) is 3.11. The summed E-state index contributed by atoms with van der Waals surface area (Å²) in [4.78, 5) is 11.7. The maximum atomic E-state index is 11.7. The average Bonchev–Trinajstić information content (AvgIpc) is 2.30. The second-order valence-electron chi connectivity index (χ2n) is 4.11. The molecule has 1 saturated heterocycles. The van der Waals surface area contributed by atoms with Gasteiger partial charge in [0.15, 0.2) is 0 Å². The van der Waals surface area contributed by atoms with Crippen LogP contribution in [0.15, 0.2) is 28.7 Å². The second kappa shape index (κ2) is 4.55. The summed E-state index contributed by atoms with van der Waals surface area (Å²) in [5.41, 5.74) is 5.85. The van der Waals surface area contributed by atoms with E-state index in [-0.39, 0.29) is 5.91 Å². The summed E-state index contributed by atoms with van der Waals surface area (Å²) in [6.45, 7) is 1.11. The standard InChI is InChI=1S/C12H14BrNO2/c13-10-4-2-9(3-5-10)12(11(14)15)6-1-7-16-8-12/h2-5H,1,6-8H2,(H2,14,15). The molecule has 0 radical (unpaired) electrons. The van der Waals surface area contributed by atoms with Gasteiger partial charge in [0.25, 0.3) is 0 Å². The van der Waals surface area contributed by atoms with E-state index in [1.165, 1.54) is 0 Å². The number of hydrogen-bond acceptors (Lipinski definition) is 2. The molecule has 0 aliphatic carbocycles. The Morgan fingerprint density at radius 1 is 1.38 bits per heavy atom. The molecule has 1 heterocycles. The van der Waals surface area contributed by atoms with Crippen molar-refractivity contribution in [3.8, 4) is 0 Å². The molecule has 3 nitrogen and oxygen atoms in total. The molecular formula is C12H14BrNO2. The molecule has 86 valence electrons. The summed E-state index contributed by atoms with van der Waals surface area (Å²) in [7, 11) is 0. The van der Waals surface area contributed by atoms with Crippen molar-refractivity contribution in [1.29, 1.82) is 0 Å². The third-order valence-corrected chi connectivity index (χ3v) is 3.64. The predicted octanol–water partition coefficient (Wildman–Crippen LogP) is 1.98. The minimum Gasteiger partial charge on any atom is -0.380 e. The highest BCUT2D eigenvalue weighted by Gasteiger charge is 2.40. The molecule has 1 unspecified atom stereocenters. The van der Waals surface area contributed by atoms with Crippen LogP contribution in [0.25, 0.3) is 0 Å². The molecular weight excluding hydrogens is 270 g/mol. The maximum Gasteiger partial charge on any atom is 0.230 e. The summed E-state index contributed by atoms with van der Waals surface area (Å²) in [6.07, 6.45) is 1.64. The number of ether oxygens (including phenoxy) is 1. The van der Waals surface area contributed by atoms with Crippen molar-refractivity contribution in [2.24, 2.45) is 5.73 Å². The fourth-order valence-corrected chi connectivity index (χ4v) is 2.39. The molecule has 0 saturated carbocycles. The normalized spacial score (nSPS) is 25.3. The van der Waals surface area contributed by atoms with Gasteiger partial charge in [-0.25, -0.2) is 0 Å². The Balaban J connectivity index is 2.38. The summed E-state index contributed by atoms with van der Waals surface area (Å²) in [5, 5.41) is 0. The lowest BCUT2D eigenvalue weighted by Crippen LogP contribution is -2.47. The van der Waals surface area contributed by atoms with Crippen LogP contribution in [-0.2, 0) is 14.9 Å². The highest BCUT2D eigenvalue weighted by molar-refractivity contribution is 9.10. The van der Waals surface area contributed by atoms with Gasteiger partial charge in [0.05, 0.1) is 12.0 Å². The minimum atomic E-state index is -0.640. The van der Waals surface area contributed by atoms with Crippen molar-refractivity contribution in [3.63, 3.8) is 0 Å². The van der Waals surface area contributed by atoms with Gasteiger partial charge in [0.2, 0.25) is 5.91 Å². The molecule has 0 spiro atoms. The number of nitrogens with two attached hydrogens (primary N) is 1. The summed E-state index contributed by atoms with van der Waals surface area (Å²) < 4.78 is 6.41. The van der Waals surface area contributed by atoms with Gasteiger partial charge in [-0.05, 0) is 30.5 Å². The van der Waals surface area contributed by atoms with Crippen LogP contribution in [0.4, 0.5) is 0 Å². The SMILES string of the molecule is NC(=O)C1(c2ccc(Br)cc2)CCCOC1. The minimum absolute atomic E-state index is 0.297. The second-order valence-corrected chi connectivity index (χ2v) is 5.03. The zero-order chi connectivity index (χ0) is 11.6. The fraction of sp³-hybridized carbons (Fsp3) is 0.417. The number of carbonyl (C=O) groups is 1. The number of amides is 1. The molecule has 0 bridgehead atoms. The van der Waals surface area contributed by atoms with Gasteiger partial charge < -0.3 is 10.5 Å². The Hall–Kier alpha value is -0.870. The molecule has 1 amide bonds. The first-order valence-corrected chi connectivity index (χ1v) is 6.08. The molecule has 1 aromatic rings. The highest BCUT2D eigenvalue weighted by Crippen LogP contribution is 2.33. The largest absolute Gasteiger partial charge is 0.380 e. The molecule has 1 fully saturated rings.